The fraction of sp³-hybridized carbons (Fsp3) is 0.500. The summed E-state index contributed by atoms with van der Waals surface area (Å²) in [6, 6.07) is 6.53. The van der Waals surface area contributed by atoms with Gasteiger partial charge in [-0.05, 0) is 37.7 Å². The molecule has 1 aromatic rings. The fourth-order valence-corrected chi connectivity index (χ4v) is 2.50. The molecule has 1 aliphatic heterocycles. The summed E-state index contributed by atoms with van der Waals surface area (Å²) in [5.74, 6) is 0. The molecule has 0 radical (unpaired) electrons. The molecule has 0 N–H and O–H groups in total. The molecule has 1 aromatic carbocycles. The summed E-state index contributed by atoms with van der Waals surface area (Å²) in [4.78, 5) is 4.85. The highest BCUT2D eigenvalue weighted by atomic mass is 79.9. The van der Waals surface area contributed by atoms with Crippen molar-refractivity contribution in [2.75, 3.05) is 38.1 Å². The lowest BCUT2D eigenvalue weighted by molar-refractivity contribution is 0.312. The zero-order chi connectivity index (χ0) is 10.8. The highest BCUT2D eigenvalue weighted by molar-refractivity contribution is 9.10. The van der Waals surface area contributed by atoms with Crippen LogP contribution in [0.1, 0.15) is 5.56 Å². The van der Waals surface area contributed by atoms with E-state index in [1.54, 1.807) is 0 Å². The number of rotatable bonds is 1. The second-order valence-electron chi connectivity index (χ2n) is 4.22. The van der Waals surface area contributed by atoms with E-state index < -0.39 is 0 Å². The van der Waals surface area contributed by atoms with Crippen molar-refractivity contribution < 1.29 is 0 Å². The highest BCUT2D eigenvalue weighted by Crippen LogP contribution is 2.24. The summed E-state index contributed by atoms with van der Waals surface area (Å²) >= 11 is 3.50. The van der Waals surface area contributed by atoms with Crippen LogP contribution in [-0.4, -0.2) is 38.1 Å². The van der Waals surface area contributed by atoms with E-state index in [0.29, 0.717) is 0 Å². The van der Waals surface area contributed by atoms with Crippen LogP contribution in [0.3, 0.4) is 0 Å². The Labute approximate surface area is 100 Å². The average molecular weight is 269 g/mol. The number of benzene rings is 1. The molecular weight excluding hydrogens is 252 g/mol. The largest absolute Gasteiger partial charge is 0.369 e. The van der Waals surface area contributed by atoms with Crippen LogP contribution in [0, 0.1) is 6.92 Å². The van der Waals surface area contributed by atoms with Crippen molar-refractivity contribution in [2.45, 2.75) is 6.92 Å². The number of piperazine rings is 1. The molecule has 82 valence electrons. The molecule has 0 spiro atoms. The maximum Gasteiger partial charge on any atom is 0.0397 e. The average Bonchev–Trinajstić information content (AvgIpc) is 2.20. The van der Waals surface area contributed by atoms with Crippen LogP contribution in [-0.2, 0) is 0 Å². The second kappa shape index (κ2) is 4.54. The number of hydrogen-bond donors (Lipinski definition) is 0. The molecule has 0 aromatic heterocycles. The van der Waals surface area contributed by atoms with Gasteiger partial charge in [0.1, 0.15) is 0 Å². The van der Waals surface area contributed by atoms with Gasteiger partial charge in [-0.3, -0.25) is 0 Å². The van der Waals surface area contributed by atoms with E-state index in [-0.39, 0.29) is 0 Å². The van der Waals surface area contributed by atoms with Gasteiger partial charge in [-0.2, -0.15) is 0 Å². The number of nitrogens with zero attached hydrogens (tertiary/aromatic N) is 2. The van der Waals surface area contributed by atoms with Crippen molar-refractivity contribution in [3.8, 4) is 0 Å². The molecule has 0 unspecified atom stereocenters. The third-order valence-electron chi connectivity index (χ3n) is 3.00. The number of anilines is 1. The molecule has 0 bridgehead atoms. The van der Waals surface area contributed by atoms with Gasteiger partial charge >= 0.3 is 0 Å². The smallest absolute Gasteiger partial charge is 0.0397 e. The van der Waals surface area contributed by atoms with E-state index in [1.165, 1.54) is 11.3 Å². The standard InChI is InChI=1S/C12H17BrN2/c1-10-9-11(13)3-4-12(10)15-7-5-14(2)6-8-15/h3-4,9H,5-8H2,1-2H3. The van der Waals surface area contributed by atoms with E-state index in [9.17, 15) is 0 Å². The van der Waals surface area contributed by atoms with Crippen molar-refractivity contribution in [3.63, 3.8) is 0 Å². The number of halogens is 1. The van der Waals surface area contributed by atoms with Crippen molar-refractivity contribution in [3.05, 3.63) is 28.2 Å². The maximum absolute atomic E-state index is 3.50. The molecule has 0 saturated carbocycles. The fourth-order valence-electron chi connectivity index (χ4n) is 2.02. The van der Waals surface area contributed by atoms with E-state index in [1.807, 2.05) is 0 Å². The van der Waals surface area contributed by atoms with Crippen LogP contribution in [0.25, 0.3) is 0 Å². The summed E-state index contributed by atoms with van der Waals surface area (Å²) in [7, 11) is 2.19. The first-order chi connectivity index (χ1) is 7.16. The van der Waals surface area contributed by atoms with Gasteiger partial charge in [-0.1, -0.05) is 15.9 Å². The quantitative estimate of drug-likeness (QED) is 0.773. The molecule has 3 heteroatoms. The molecule has 1 fully saturated rings. The number of aryl methyl sites for hydroxylation is 1. The molecular formula is C12H17BrN2. The van der Waals surface area contributed by atoms with Crippen molar-refractivity contribution in [1.82, 2.24) is 4.90 Å². The van der Waals surface area contributed by atoms with Gasteiger partial charge in [-0.15, -0.1) is 0 Å². The Bertz CT molecular complexity index is 343. The second-order valence-corrected chi connectivity index (χ2v) is 5.14. The number of hydrogen-bond acceptors (Lipinski definition) is 2. The third-order valence-corrected chi connectivity index (χ3v) is 3.50. The van der Waals surface area contributed by atoms with Crippen LogP contribution in [0.4, 0.5) is 5.69 Å². The molecule has 1 saturated heterocycles. The van der Waals surface area contributed by atoms with Gasteiger partial charge in [0.25, 0.3) is 0 Å². The monoisotopic (exact) mass is 268 g/mol. The predicted molar refractivity (Wildman–Crippen MR) is 68.6 cm³/mol. The predicted octanol–water partition coefficient (Wildman–Crippen LogP) is 2.51. The maximum atomic E-state index is 3.50. The number of likely N-dealkylation sites (N-methyl/N-ethyl adjacent to an activating group) is 1. The first kappa shape index (κ1) is 11.0. The topological polar surface area (TPSA) is 6.48 Å². The zero-order valence-corrected chi connectivity index (χ0v) is 10.9. The SMILES string of the molecule is Cc1cc(Br)ccc1N1CCN(C)CC1. The molecule has 0 amide bonds. The summed E-state index contributed by atoms with van der Waals surface area (Å²) < 4.78 is 1.16. The highest BCUT2D eigenvalue weighted by Gasteiger charge is 2.15. The summed E-state index contributed by atoms with van der Waals surface area (Å²) in [6.07, 6.45) is 0. The van der Waals surface area contributed by atoms with Gasteiger partial charge in [0.2, 0.25) is 0 Å². The first-order valence-electron chi connectivity index (χ1n) is 5.36. The van der Waals surface area contributed by atoms with Crippen molar-refractivity contribution in [1.29, 1.82) is 0 Å². The van der Waals surface area contributed by atoms with E-state index >= 15 is 0 Å². The zero-order valence-electron chi connectivity index (χ0n) is 9.33. The molecule has 1 heterocycles. The Morgan fingerprint density at radius 1 is 1.13 bits per heavy atom. The minimum Gasteiger partial charge on any atom is -0.369 e. The Morgan fingerprint density at radius 2 is 1.80 bits per heavy atom. The van der Waals surface area contributed by atoms with Crippen LogP contribution in [0.15, 0.2) is 22.7 Å². The Kier molecular flexibility index (Phi) is 3.32. The van der Waals surface area contributed by atoms with E-state index in [0.717, 1.165) is 30.7 Å². The molecule has 0 aliphatic carbocycles. The van der Waals surface area contributed by atoms with E-state index in [2.05, 4.69) is 57.9 Å². The van der Waals surface area contributed by atoms with Gasteiger partial charge in [0.05, 0.1) is 0 Å². The third kappa shape index (κ3) is 2.52. The first-order valence-corrected chi connectivity index (χ1v) is 6.16. The Hall–Kier alpha value is -0.540. The van der Waals surface area contributed by atoms with Gasteiger partial charge in [0.15, 0.2) is 0 Å². The summed E-state index contributed by atoms with van der Waals surface area (Å²) in [5.41, 5.74) is 2.74. The molecule has 2 rings (SSSR count). The summed E-state index contributed by atoms with van der Waals surface area (Å²) in [6.45, 7) is 6.78. The van der Waals surface area contributed by atoms with Crippen LogP contribution >= 0.6 is 15.9 Å². The Morgan fingerprint density at radius 3 is 2.40 bits per heavy atom. The summed E-state index contributed by atoms with van der Waals surface area (Å²) in [5, 5.41) is 0. The van der Waals surface area contributed by atoms with Gasteiger partial charge in [0, 0.05) is 36.3 Å². The lowest BCUT2D eigenvalue weighted by Crippen LogP contribution is -2.44. The molecule has 0 atom stereocenters. The lowest BCUT2D eigenvalue weighted by atomic mass is 10.1. The minimum atomic E-state index is 1.14. The normalized spacial score (nSPS) is 18.2. The Balaban J connectivity index is 2.15. The van der Waals surface area contributed by atoms with Crippen LogP contribution < -0.4 is 4.90 Å². The van der Waals surface area contributed by atoms with E-state index in [4.69, 9.17) is 0 Å². The van der Waals surface area contributed by atoms with Crippen LogP contribution in [0.2, 0.25) is 0 Å². The molecule has 1 aliphatic rings. The molecule has 2 nitrogen and oxygen atoms in total. The van der Waals surface area contributed by atoms with Gasteiger partial charge < -0.3 is 9.80 Å². The lowest BCUT2D eigenvalue weighted by Gasteiger charge is -2.34. The van der Waals surface area contributed by atoms with Crippen LogP contribution in [0.5, 0.6) is 0 Å². The molecule has 15 heavy (non-hydrogen) atoms. The van der Waals surface area contributed by atoms with Crippen molar-refractivity contribution >= 4 is 21.6 Å². The van der Waals surface area contributed by atoms with Gasteiger partial charge in [-0.25, -0.2) is 0 Å². The minimum absolute atomic E-state index is 1.14. The van der Waals surface area contributed by atoms with Crippen molar-refractivity contribution in [2.24, 2.45) is 0 Å².